The smallest absolute Gasteiger partial charge is 0.259 e. The van der Waals surface area contributed by atoms with Gasteiger partial charge in [-0.25, -0.2) is 9.37 Å². The summed E-state index contributed by atoms with van der Waals surface area (Å²) >= 11 is 12.1. The molecule has 6 heteroatoms. The van der Waals surface area contributed by atoms with E-state index in [9.17, 15) is 9.18 Å². The molecule has 0 fully saturated rings. The Hall–Kier alpha value is -2.17. The molecule has 0 spiro atoms. The molecule has 0 aliphatic rings. The lowest BCUT2D eigenvalue weighted by molar-refractivity contribution is 0.625. The van der Waals surface area contributed by atoms with E-state index in [1.807, 2.05) is 0 Å². The van der Waals surface area contributed by atoms with Gasteiger partial charge in [0.05, 0.1) is 15.9 Å². The fourth-order valence-electron chi connectivity index (χ4n) is 2.02. The zero-order valence-electron chi connectivity index (χ0n) is 11.1. The van der Waals surface area contributed by atoms with Crippen LogP contribution in [0.3, 0.4) is 0 Å². The maximum atomic E-state index is 13.6. The SMILES string of the molecule is O=c1[nH]c(/C(Cl)=C/c2ccccc2F)nc2cc(Cl)ccc12. The molecule has 0 unspecified atom stereocenters. The minimum absolute atomic E-state index is 0.129. The first-order valence-corrected chi connectivity index (χ1v) is 7.12. The van der Waals surface area contributed by atoms with E-state index in [0.717, 1.165) is 0 Å². The van der Waals surface area contributed by atoms with Crippen molar-refractivity contribution in [2.45, 2.75) is 0 Å². The average Bonchev–Trinajstić information content (AvgIpc) is 2.49. The van der Waals surface area contributed by atoms with Gasteiger partial charge in [-0.2, -0.15) is 0 Å². The lowest BCUT2D eigenvalue weighted by Crippen LogP contribution is -2.10. The fourth-order valence-corrected chi connectivity index (χ4v) is 2.40. The van der Waals surface area contributed by atoms with Crippen LogP contribution < -0.4 is 5.56 Å². The van der Waals surface area contributed by atoms with E-state index in [0.29, 0.717) is 21.5 Å². The standard InChI is InChI=1S/C16H9Cl2FN2O/c17-10-5-6-11-14(8-10)20-15(21-16(11)22)12(18)7-9-3-1-2-4-13(9)19/h1-8H,(H,20,21,22)/b12-7-. The molecule has 1 N–H and O–H groups in total. The topological polar surface area (TPSA) is 45.8 Å². The second kappa shape index (κ2) is 5.91. The minimum atomic E-state index is -0.410. The molecule has 0 amide bonds. The Morgan fingerprint density at radius 3 is 2.77 bits per heavy atom. The van der Waals surface area contributed by atoms with E-state index < -0.39 is 5.82 Å². The van der Waals surface area contributed by atoms with Crippen molar-refractivity contribution < 1.29 is 4.39 Å². The first-order chi connectivity index (χ1) is 10.5. The quantitative estimate of drug-likeness (QED) is 0.752. The molecule has 3 nitrogen and oxygen atoms in total. The van der Waals surface area contributed by atoms with Crippen LogP contribution in [0, 0.1) is 5.82 Å². The van der Waals surface area contributed by atoms with Crippen molar-refractivity contribution in [2.24, 2.45) is 0 Å². The lowest BCUT2D eigenvalue weighted by Gasteiger charge is -2.03. The summed E-state index contributed by atoms with van der Waals surface area (Å²) in [6.07, 6.45) is 1.41. The van der Waals surface area contributed by atoms with Crippen LogP contribution in [0.25, 0.3) is 22.0 Å². The maximum absolute atomic E-state index is 13.6. The summed E-state index contributed by atoms with van der Waals surface area (Å²) in [7, 11) is 0. The number of aromatic amines is 1. The van der Waals surface area contributed by atoms with Crippen molar-refractivity contribution in [1.29, 1.82) is 0 Å². The largest absolute Gasteiger partial charge is 0.305 e. The van der Waals surface area contributed by atoms with Crippen LogP contribution >= 0.6 is 23.2 Å². The first kappa shape index (κ1) is 14.8. The molecule has 0 aliphatic carbocycles. The van der Waals surface area contributed by atoms with Gasteiger partial charge in [0.1, 0.15) is 5.82 Å². The highest BCUT2D eigenvalue weighted by Crippen LogP contribution is 2.22. The zero-order valence-corrected chi connectivity index (χ0v) is 12.6. The van der Waals surface area contributed by atoms with E-state index in [1.165, 1.54) is 12.1 Å². The van der Waals surface area contributed by atoms with Crippen LogP contribution in [0.1, 0.15) is 11.4 Å². The van der Waals surface area contributed by atoms with Crippen LogP contribution in [0.5, 0.6) is 0 Å². The average molecular weight is 335 g/mol. The van der Waals surface area contributed by atoms with Gasteiger partial charge >= 0.3 is 0 Å². The predicted molar refractivity (Wildman–Crippen MR) is 87.5 cm³/mol. The van der Waals surface area contributed by atoms with Crippen LogP contribution in [0.2, 0.25) is 5.02 Å². The number of aromatic nitrogens is 2. The third kappa shape index (κ3) is 2.89. The van der Waals surface area contributed by atoms with Crippen LogP contribution in [0.15, 0.2) is 47.3 Å². The molecule has 22 heavy (non-hydrogen) atoms. The summed E-state index contributed by atoms with van der Waals surface area (Å²) in [6.45, 7) is 0. The Balaban J connectivity index is 2.14. The van der Waals surface area contributed by atoms with E-state index in [4.69, 9.17) is 23.2 Å². The van der Waals surface area contributed by atoms with Crippen molar-refractivity contribution in [3.8, 4) is 0 Å². The van der Waals surface area contributed by atoms with Crippen molar-refractivity contribution in [2.75, 3.05) is 0 Å². The molecule has 110 valence electrons. The molecule has 0 saturated heterocycles. The Kier molecular flexibility index (Phi) is 3.96. The highest BCUT2D eigenvalue weighted by atomic mass is 35.5. The van der Waals surface area contributed by atoms with Gasteiger partial charge in [-0.3, -0.25) is 4.79 Å². The normalized spacial score (nSPS) is 11.9. The first-order valence-electron chi connectivity index (χ1n) is 6.36. The zero-order chi connectivity index (χ0) is 15.7. The van der Waals surface area contributed by atoms with Gasteiger partial charge < -0.3 is 4.98 Å². The summed E-state index contributed by atoms with van der Waals surface area (Å²) in [6, 6.07) is 10.9. The molecular formula is C16H9Cl2FN2O. The second-order valence-corrected chi connectivity index (χ2v) is 5.43. The summed E-state index contributed by atoms with van der Waals surface area (Å²) in [5.41, 5.74) is 0.393. The van der Waals surface area contributed by atoms with Crippen LogP contribution in [-0.4, -0.2) is 9.97 Å². The van der Waals surface area contributed by atoms with E-state index >= 15 is 0 Å². The van der Waals surface area contributed by atoms with Gasteiger partial charge in [0.25, 0.3) is 5.56 Å². The van der Waals surface area contributed by atoms with E-state index in [2.05, 4.69) is 9.97 Å². The second-order valence-electron chi connectivity index (χ2n) is 4.59. The minimum Gasteiger partial charge on any atom is -0.305 e. The molecule has 1 heterocycles. The molecule has 2 aromatic carbocycles. The number of halogens is 3. The highest BCUT2D eigenvalue weighted by Gasteiger charge is 2.08. The van der Waals surface area contributed by atoms with Crippen molar-refractivity contribution >= 4 is 45.2 Å². The monoisotopic (exact) mass is 334 g/mol. The Bertz CT molecular complexity index is 950. The van der Waals surface area contributed by atoms with Gasteiger partial charge in [0.15, 0.2) is 5.82 Å². The van der Waals surface area contributed by atoms with Gasteiger partial charge in [0, 0.05) is 10.6 Å². The molecule has 0 bridgehead atoms. The number of H-pyrrole nitrogens is 1. The van der Waals surface area contributed by atoms with Crippen LogP contribution in [-0.2, 0) is 0 Å². The maximum Gasteiger partial charge on any atom is 0.259 e. The molecular weight excluding hydrogens is 326 g/mol. The predicted octanol–water partition coefficient (Wildman–Crippen LogP) is 4.45. The summed E-state index contributed by atoms with van der Waals surface area (Å²) in [5.74, 6) is -0.253. The number of fused-ring (bicyclic) bond motifs is 1. The van der Waals surface area contributed by atoms with Crippen molar-refractivity contribution in [3.63, 3.8) is 0 Å². The van der Waals surface area contributed by atoms with Crippen LogP contribution in [0.4, 0.5) is 4.39 Å². The van der Waals surface area contributed by atoms with Crippen molar-refractivity contribution in [1.82, 2.24) is 9.97 Å². The molecule has 0 aliphatic heterocycles. The summed E-state index contributed by atoms with van der Waals surface area (Å²) in [5, 5.41) is 0.998. The number of rotatable bonds is 2. The van der Waals surface area contributed by atoms with Gasteiger partial charge in [-0.05, 0) is 30.3 Å². The number of hydrogen-bond donors (Lipinski definition) is 1. The highest BCUT2D eigenvalue weighted by molar-refractivity contribution is 6.50. The molecule has 3 aromatic rings. The number of nitrogens with one attached hydrogen (secondary N) is 1. The number of nitrogens with zero attached hydrogens (tertiary/aromatic N) is 1. The molecule has 3 rings (SSSR count). The summed E-state index contributed by atoms with van der Waals surface area (Å²) in [4.78, 5) is 18.9. The molecule has 1 aromatic heterocycles. The van der Waals surface area contributed by atoms with Gasteiger partial charge in [-0.1, -0.05) is 41.4 Å². The molecule has 0 radical (unpaired) electrons. The number of benzene rings is 2. The number of hydrogen-bond acceptors (Lipinski definition) is 2. The van der Waals surface area contributed by atoms with Crippen molar-refractivity contribution in [3.05, 3.63) is 75.0 Å². The summed E-state index contributed by atoms with van der Waals surface area (Å²) < 4.78 is 13.6. The van der Waals surface area contributed by atoms with Gasteiger partial charge in [0.2, 0.25) is 0 Å². The van der Waals surface area contributed by atoms with E-state index in [-0.39, 0.29) is 16.4 Å². The third-order valence-corrected chi connectivity index (χ3v) is 3.61. The van der Waals surface area contributed by atoms with E-state index in [1.54, 1.807) is 36.4 Å². The Morgan fingerprint density at radius 2 is 2.00 bits per heavy atom. The fraction of sp³-hybridized carbons (Fsp3) is 0. The third-order valence-electron chi connectivity index (χ3n) is 3.08. The Morgan fingerprint density at radius 1 is 1.23 bits per heavy atom. The molecule has 0 saturated carbocycles. The lowest BCUT2D eigenvalue weighted by atomic mass is 10.2. The Labute approximate surface area is 135 Å². The molecule has 0 atom stereocenters. The van der Waals surface area contributed by atoms with Gasteiger partial charge in [-0.15, -0.1) is 0 Å².